The number of para-hydroxylation sites is 1. The van der Waals surface area contributed by atoms with Crippen molar-refractivity contribution in [3.05, 3.63) is 53.6 Å². The molecule has 0 aliphatic carbocycles. The molecule has 0 amide bonds. The Kier molecular flexibility index (Phi) is 6.73. The van der Waals surface area contributed by atoms with Crippen LogP contribution in [-0.2, 0) is 13.0 Å². The summed E-state index contributed by atoms with van der Waals surface area (Å²) in [6, 6.07) is 15.9. The van der Waals surface area contributed by atoms with Crippen LogP contribution in [0.5, 0.6) is 0 Å². The number of piperidine rings is 1. The topological polar surface area (TPSA) is 35.7 Å². The van der Waals surface area contributed by atoms with Gasteiger partial charge in [-0.2, -0.15) is 0 Å². The summed E-state index contributed by atoms with van der Waals surface area (Å²) >= 11 is 0. The third-order valence-corrected chi connectivity index (χ3v) is 6.35. The van der Waals surface area contributed by atoms with Crippen molar-refractivity contribution in [1.29, 1.82) is 0 Å². The van der Waals surface area contributed by atoms with E-state index < -0.39 is 0 Å². The van der Waals surface area contributed by atoms with Crippen molar-refractivity contribution >= 4 is 29.5 Å². The number of halogens is 1. The molecule has 0 radical (unpaired) electrons. The van der Waals surface area contributed by atoms with Gasteiger partial charge in [0.05, 0.1) is 0 Å². The Bertz CT molecular complexity index is 786. The Morgan fingerprint density at radius 3 is 2.57 bits per heavy atom. The van der Waals surface area contributed by atoms with Crippen molar-refractivity contribution in [1.82, 2.24) is 4.90 Å². The van der Waals surface area contributed by atoms with Crippen molar-refractivity contribution < 1.29 is 0 Å². The number of nitrogens with two attached hydrogens (primary N) is 1. The van der Waals surface area contributed by atoms with E-state index in [0.717, 1.165) is 25.2 Å². The standard InChI is InChI=1S/C23H32N4.ClH/c1-25-15-12-19(13-16-25)26(2)22-10-4-3-7-18(22)17-27-14-6-8-20-21(24)9-5-11-23(20)27;/h3-5,7,9-11,19H,6,8,12-17,24H2,1-2H3;1H. The highest BCUT2D eigenvalue weighted by molar-refractivity contribution is 5.85. The van der Waals surface area contributed by atoms with Crippen molar-refractivity contribution in [3.8, 4) is 0 Å². The lowest BCUT2D eigenvalue weighted by Crippen LogP contribution is -2.42. The number of nitrogen functional groups attached to an aromatic ring is 1. The molecule has 5 heteroatoms. The molecule has 0 aromatic heterocycles. The number of nitrogens with zero attached hydrogens (tertiary/aromatic N) is 3. The maximum atomic E-state index is 6.24. The first-order chi connectivity index (χ1) is 13.1. The van der Waals surface area contributed by atoms with Crippen LogP contribution in [0, 0.1) is 0 Å². The molecule has 2 aliphatic heterocycles. The molecule has 152 valence electrons. The van der Waals surface area contributed by atoms with Crippen molar-refractivity contribution in [2.75, 3.05) is 49.3 Å². The second kappa shape index (κ2) is 9.06. The highest BCUT2D eigenvalue weighted by Gasteiger charge is 2.24. The number of rotatable bonds is 4. The summed E-state index contributed by atoms with van der Waals surface area (Å²) in [6.45, 7) is 4.43. The lowest BCUT2D eigenvalue weighted by atomic mass is 9.98. The van der Waals surface area contributed by atoms with E-state index in [-0.39, 0.29) is 12.4 Å². The van der Waals surface area contributed by atoms with E-state index >= 15 is 0 Å². The SMILES string of the molecule is CN1CCC(N(C)c2ccccc2CN2CCCc3c(N)cccc32)CC1.Cl. The number of hydrogen-bond acceptors (Lipinski definition) is 4. The van der Waals surface area contributed by atoms with Gasteiger partial charge in [0.15, 0.2) is 0 Å². The number of likely N-dealkylation sites (tertiary alicyclic amines) is 1. The smallest absolute Gasteiger partial charge is 0.0450 e. The van der Waals surface area contributed by atoms with Crippen LogP contribution in [-0.4, -0.2) is 44.7 Å². The van der Waals surface area contributed by atoms with E-state index in [4.69, 9.17) is 5.73 Å². The molecule has 2 aromatic rings. The molecule has 0 spiro atoms. The summed E-state index contributed by atoms with van der Waals surface area (Å²) in [5.74, 6) is 0. The van der Waals surface area contributed by atoms with E-state index in [1.54, 1.807) is 0 Å². The molecule has 2 aromatic carbocycles. The van der Waals surface area contributed by atoms with Gasteiger partial charge in [0.25, 0.3) is 0 Å². The second-order valence-electron chi connectivity index (χ2n) is 8.14. The van der Waals surface area contributed by atoms with Crippen LogP contribution < -0.4 is 15.5 Å². The first-order valence-electron chi connectivity index (χ1n) is 10.2. The third kappa shape index (κ3) is 4.23. The predicted octanol–water partition coefficient (Wildman–Crippen LogP) is 4.17. The van der Waals surface area contributed by atoms with Crippen LogP contribution in [0.2, 0.25) is 0 Å². The van der Waals surface area contributed by atoms with Crippen molar-refractivity contribution in [3.63, 3.8) is 0 Å². The van der Waals surface area contributed by atoms with E-state index in [0.29, 0.717) is 6.04 Å². The van der Waals surface area contributed by atoms with Gasteiger partial charge in [-0.1, -0.05) is 24.3 Å². The van der Waals surface area contributed by atoms with Crippen molar-refractivity contribution in [2.24, 2.45) is 0 Å². The Morgan fingerprint density at radius 1 is 1.04 bits per heavy atom. The second-order valence-corrected chi connectivity index (χ2v) is 8.14. The van der Waals surface area contributed by atoms with Gasteiger partial charge in [0.1, 0.15) is 0 Å². The molecule has 4 rings (SSSR count). The molecular formula is C23H33ClN4. The first-order valence-corrected chi connectivity index (χ1v) is 10.2. The van der Waals surface area contributed by atoms with Gasteiger partial charge in [-0.3, -0.25) is 0 Å². The fraction of sp³-hybridized carbons (Fsp3) is 0.478. The quantitative estimate of drug-likeness (QED) is 0.781. The van der Waals surface area contributed by atoms with E-state index in [2.05, 4.69) is 65.2 Å². The summed E-state index contributed by atoms with van der Waals surface area (Å²) in [4.78, 5) is 7.47. The fourth-order valence-corrected chi connectivity index (χ4v) is 4.67. The molecule has 1 saturated heterocycles. The zero-order valence-electron chi connectivity index (χ0n) is 17.1. The molecule has 2 aliphatic rings. The number of fused-ring (bicyclic) bond motifs is 1. The minimum atomic E-state index is 0. The van der Waals surface area contributed by atoms with Crippen LogP contribution in [0.25, 0.3) is 0 Å². The van der Waals surface area contributed by atoms with Gasteiger partial charge in [0, 0.05) is 43.2 Å². The van der Waals surface area contributed by atoms with Crippen LogP contribution in [0.1, 0.15) is 30.4 Å². The monoisotopic (exact) mass is 400 g/mol. The summed E-state index contributed by atoms with van der Waals surface area (Å²) in [6.07, 6.45) is 4.75. The lowest BCUT2D eigenvalue weighted by molar-refractivity contribution is 0.252. The third-order valence-electron chi connectivity index (χ3n) is 6.35. The van der Waals surface area contributed by atoms with Gasteiger partial charge in [-0.15, -0.1) is 12.4 Å². The number of benzene rings is 2. The van der Waals surface area contributed by atoms with Crippen LogP contribution in [0.3, 0.4) is 0 Å². The normalized spacial score (nSPS) is 17.7. The summed E-state index contributed by atoms with van der Waals surface area (Å²) in [7, 11) is 4.50. The van der Waals surface area contributed by atoms with Gasteiger partial charge < -0.3 is 20.4 Å². The number of anilines is 3. The zero-order valence-corrected chi connectivity index (χ0v) is 17.9. The fourth-order valence-electron chi connectivity index (χ4n) is 4.67. The predicted molar refractivity (Wildman–Crippen MR) is 123 cm³/mol. The maximum absolute atomic E-state index is 6.24. The molecule has 2 N–H and O–H groups in total. The Morgan fingerprint density at radius 2 is 1.79 bits per heavy atom. The molecule has 0 unspecified atom stereocenters. The molecule has 0 atom stereocenters. The average molecular weight is 401 g/mol. The van der Waals surface area contributed by atoms with E-state index in [1.807, 2.05) is 6.07 Å². The van der Waals surface area contributed by atoms with Gasteiger partial charge >= 0.3 is 0 Å². The van der Waals surface area contributed by atoms with Crippen LogP contribution in [0.15, 0.2) is 42.5 Å². The summed E-state index contributed by atoms with van der Waals surface area (Å²) in [5.41, 5.74) is 12.6. The van der Waals surface area contributed by atoms with Gasteiger partial charge in [-0.25, -0.2) is 0 Å². The largest absolute Gasteiger partial charge is 0.398 e. The van der Waals surface area contributed by atoms with Crippen LogP contribution >= 0.6 is 12.4 Å². The molecule has 4 nitrogen and oxygen atoms in total. The highest BCUT2D eigenvalue weighted by Crippen LogP contribution is 2.34. The van der Waals surface area contributed by atoms with Crippen molar-refractivity contribution in [2.45, 2.75) is 38.3 Å². The zero-order chi connectivity index (χ0) is 18.8. The van der Waals surface area contributed by atoms with Gasteiger partial charge in [-0.05, 0) is 75.1 Å². The first kappa shape index (κ1) is 20.8. The van der Waals surface area contributed by atoms with Crippen LogP contribution in [0.4, 0.5) is 17.1 Å². The Balaban J connectivity index is 0.00000225. The maximum Gasteiger partial charge on any atom is 0.0450 e. The molecule has 1 fully saturated rings. The van der Waals surface area contributed by atoms with Gasteiger partial charge in [0.2, 0.25) is 0 Å². The molecule has 28 heavy (non-hydrogen) atoms. The molecule has 0 bridgehead atoms. The Hall–Kier alpha value is -1.91. The summed E-state index contributed by atoms with van der Waals surface area (Å²) in [5, 5.41) is 0. The Labute approximate surface area is 175 Å². The molecular weight excluding hydrogens is 368 g/mol. The minimum Gasteiger partial charge on any atom is -0.398 e. The lowest BCUT2D eigenvalue weighted by Gasteiger charge is -2.38. The number of hydrogen-bond donors (Lipinski definition) is 1. The summed E-state index contributed by atoms with van der Waals surface area (Å²) < 4.78 is 0. The van der Waals surface area contributed by atoms with E-state index in [9.17, 15) is 0 Å². The minimum absolute atomic E-state index is 0. The van der Waals surface area contributed by atoms with E-state index in [1.165, 1.54) is 54.9 Å². The molecule has 0 saturated carbocycles. The average Bonchev–Trinajstić information content (AvgIpc) is 2.69. The molecule has 2 heterocycles. The highest BCUT2D eigenvalue weighted by atomic mass is 35.5.